The molecule has 0 aliphatic rings. The third kappa shape index (κ3) is 3.80. The molecular formula is C20H15F4NO5. The van der Waals surface area contributed by atoms with Crippen molar-refractivity contribution in [3.8, 4) is 11.5 Å². The monoisotopic (exact) mass is 425 g/mol. The average Bonchev–Trinajstić information content (AvgIpc) is 2.91. The predicted molar refractivity (Wildman–Crippen MR) is 97.2 cm³/mol. The number of aliphatic carboxylic acids is 1. The second-order valence-corrected chi connectivity index (χ2v) is 6.59. The molecule has 0 aliphatic heterocycles. The standard InChI is InChI=1S/C20H15F4NO5/c1-9(19(28)29)17-10(2)25(15-8-14(21)16(26)7-13(15)17)18(27)11-3-5-12(6-4-11)30-20(22,23)24/h3-9,26H,1-2H3,(H,28,29)/t9-/m0/s1. The summed E-state index contributed by atoms with van der Waals surface area (Å²) in [6.07, 6.45) is -4.89. The van der Waals surface area contributed by atoms with Gasteiger partial charge in [-0.2, -0.15) is 0 Å². The van der Waals surface area contributed by atoms with E-state index in [-0.39, 0.29) is 27.7 Å². The Labute approximate surface area is 166 Å². The van der Waals surface area contributed by atoms with Crippen molar-refractivity contribution in [3.05, 3.63) is 59.0 Å². The molecule has 0 radical (unpaired) electrons. The first-order chi connectivity index (χ1) is 13.9. The lowest BCUT2D eigenvalue weighted by molar-refractivity contribution is -0.274. The van der Waals surface area contributed by atoms with E-state index in [0.29, 0.717) is 0 Å². The Morgan fingerprint density at radius 3 is 2.27 bits per heavy atom. The topological polar surface area (TPSA) is 88.8 Å². The number of benzene rings is 2. The van der Waals surface area contributed by atoms with Gasteiger partial charge in [0.25, 0.3) is 5.91 Å². The number of phenols is 1. The summed E-state index contributed by atoms with van der Waals surface area (Å²) in [5.41, 5.74) is 0.391. The van der Waals surface area contributed by atoms with Gasteiger partial charge >= 0.3 is 12.3 Å². The minimum atomic E-state index is -4.89. The van der Waals surface area contributed by atoms with Gasteiger partial charge in [-0.05, 0) is 49.7 Å². The fourth-order valence-corrected chi connectivity index (χ4v) is 3.31. The number of ether oxygens (including phenoxy) is 1. The van der Waals surface area contributed by atoms with Gasteiger partial charge in [0.1, 0.15) is 5.75 Å². The number of nitrogens with zero attached hydrogens (tertiary/aromatic N) is 1. The van der Waals surface area contributed by atoms with E-state index < -0.39 is 41.5 Å². The number of carboxylic acids is 1. The van der Waals surface area contributed by atoms with Crippen LogP contribution in [0.3, 0.4) is 0 Å². The van der Waals surface area contributed by atoms with Crippen LogP contribution in [0.4, 0.5) is 17.6 Å². The maximum atomic E-state index is 14.0. The van der Waals surface area contributed by atoms with Crippen molar-refractivity contribution >= 4 is 22.8 Å². The molecule has 0 fully saturated rings. The Balaban J connectivity index is 2.15. The number of carbonyl (C=O) groups excluding carboxylic acids is 1. The van der Waals surface area contributed by atoms with Gasteiger partial charge in [0.05, 0.1) is 11.4 Å². The van der Waals surface area contributed by atoms with Gasteiger partial charge in [0.15, 0.2) is 11.6 Å². The number of fused-ring (bicyclic) bond motifs is 1. The molecule has 0 unspecified atom stereocenters. The molecule has 10 heteroatoms. The van der Waals surface area contributed by atoms with E-state index >= 15 is 0 Å². The van der Waals surface area contributed by atoms with Crippen molar-refractivity contribution in [2.24, 2.45) is 0 Å². The summed E-state index contributed by atoms with van der Waals surface area (Å²) < 4.78 is 55.7. The number of carboxylic acid groups (broad SMARTS) is 1. The Morgan fingerprint density at radius 2 is 1.73 bits per heavy atom. The van der Waals surface area contributed by atoms with Crippen molar-refractivity contribution < 1.29 is 42.1 Å². The third-order valence-electron chi connectivity index (χ3n) is 4.66. The number of carbonyl (C=O) groups is 2. The van der Waals surface area contributed by atoms with E-state index in [9.17, 15) is 37.4 Å². The van der Waals surface area contributed by atoms with Crippen LogP contribution in [0.15, 0.2) is 36.4 Å². The maximum Gasteiger partial charge on any atom is 0.573 e. The average molecular weight is 425 g/mol. The van der Waals surface area contributed by atoms with E-state index in [1.54, 1.807) is 0 Å². The van der Waals surface area contributed by atoms with Crippen LogP contribution in [-0.2, 0) is 4.79 Å². The van der Waals surface area contributed by atoms with Gasteiger partial charge in [-0.1, -0.05) is 0 Å². The van der Waals surface area contributed by atoms with Gasteiger partial charge in [0.2, 0.25) is 0 Å². The number of alkyl halides is 3. The second kappa shape index (κ2) is 7.36. The van der Waals surface area contributed by atoms with Crippen molar-refractivity contribution in [1.82, 2.24) is 4.57 Å². The first kappa shape index (κ1) is 21.2. The normalized spacial score (nSPS) is 12.7. The second-order valence-electron chi connectivity index (χ2n) is 6.59. The lowest BCUT2D eigenvalue weighted by Gasteiger charge is -2.11. The Bertz CT molecular complexity index is 1150. The molecule has 2 N–H and O–H groups in total. The van der Waals surface area contributed by atoms with Gasteiger partial charge in [-0.15, -0.1) is 13.2 Å². The molecule has 3 aromatic rings. The molecule has 0 saturated heterocycles. The van der Waals surface area contributed by atoms with E-state index in [1.807, 2.05) is 0 Å². The van der Waals surface area contributed by atoms with Crippen LogP contribution in [0.5, 0.6) is 11.5 Å². The summed E-state index contributed by atoms with van der Waals surface area (Å²) in [5.74, 6) is -5.23. The lowest BCUT2D eigenvalue weighted by atomic mass is 9.98. The van der Waals surface area contributed by atoms with Crippen molar-refractivity contribution in [3.63, 3.8) is 0 Å². The molecule has 2 aromatic carbocycles. The quantitative estimate of drug-likeness (QED) is 0.598. The molecule has 0 spiro atoms. The number of aromatic hydroxyl groups is 1. The summed E-state index contributed by atoms with van der Waals surface area (Å²) in [6.45, 7) is 2.84. The molecule has 30 heavy (non-hydrogen) atoms. The maximum absolute atomic E-state index is 14.0. The molecule has 3 rings (SSSR count). The van der Waals surface area contributed by atoms with E-state index in [1.165, 1.54) is 13.8 Å². The first-order valence-electron chi connectivity index (χ1n) is 8.57. The van der Waals surface area contributed by atoms with Crippen LogP contribution in [0.25, 0.3) is 10.9 Å². The SMILES string of the molecule is Cc1c([C@H](C)C(=O)O)c2cc(O)c(F)cc2n1C(=O)c1ccc(OC(F)(F)F)cc1. The molecule has 6 nitrogen and oxygen atoms in total. The Hall–Kier alpha value is -3.56. The predicted octanol–water partition coefficient (Wildman–Crippen LogP) is 4.57. The summed E-state index contributed by atoms with van der Waals surface area (Å²) >= 11 is 0. The molecule has 0 amide bonds. The number of hydrogen-bond acceptors (Lipinski definition) is 4. The zero-order chi connectivity index (χ0) is 22.4. The molecule has 0 saturated carbocycles. The van der Waals surface area contributed by atoms with E-state index in [2.05, 4.69) is 4.74 Å². The summed E-state index contributed by atoms with van der Waals surface area (Å²) in [4.78, 5) is 24.6. The largest absolute Gasteiger partial charge is 0.573 e. The summed E-state index contributed by atoms with van der Waals surface area (Å²) in [5, 5.41) is 19.3. The van der Waals surface area contributed by atoms with Gasteiger partial charge in [0, 0.05) is 22.7 Å². The summed E-state index contributed by atoms with van der Waals surface area (Å²) in [7, 11) is 0. The minimum absolute atomic E-state index is 0.0199. The van der Waals surface area contributed by atoms with Gasteiger partial charge < -0.3 is 14.9 Å². The van der Waals surface area contributed by atoms with Crippen molar-refractivity contribution in [2.45, 2.75) is 26.1 Å². The number of halogens is 4. The number of aromatic nitrogens is 1. The van der Waals surface area contributed by atoms with Crippen LogP contribution in [0, 0.1) is 12.7 Å². The zero-order valence-electron chi connectivity index (χ0n) is 15.6. The number of phenolic OH excluding ortho intramolecular Hbond substituents is 1. The Morgan fingerprint density at radius 1 is 1.13 bits per heavy atom. The third-order valence-corrected chi connectivity index (χ3v) is 4.66. The van der Waals surface area contributed by atoms with Crippen molar-refractivity contribution in [1.29, 1.82) is 0 Å². The zero-order valence-corrected chi connectivity index (χ0v) is 15.6. The van der Waals surface area contributed by atoms with Crippen LogP contribution >= 0.6 is 0 Å². The molecule has 1 atom stereocenters. The molecule has 1 aromatic heterocycles. The van der Waals surface area contributed by atoms with E-state index in [0.717, 1.165) is 41.0 Å². The minimum Gasteiger partial charge on any atom is -0.505 e. The number of hydrogen-bond donors (Lipinski definition) is 2. The molecule has 0 aliphatic carbocycles. The highest BCUT2D eigenvalue weighted by Gasteiger charge is 2.31. The summed E-state index contributed by atoms with van der Waals surface area (Å²) in [6, 6.07) is 6.05. The highest BCUT2D eigenvalue weighted by atomic mass is 19.4. The number of rotatable bonds is 4. The molecular weight excluding hydrogens is 410 g/mol. The van der Waals surface area contributed by atoms with Gasteiger partial charge in [-0.25, -0.2) is 4.39 Å². The van der Waals surface area contributed by atoms with Crippen LogP contribution < -0.4 is 4.74 Å². The van der Waals surface area contributed by atoms with E-state index in [4.69, 9.17) is 0 Å². The smallest absolute Gasteiger partial charge is 0.505 e. The lowest BCUT2D eigenvalue weighted by Crippen LogP contribution is -2.18. The molecule has 0 bridgehead atoms. The first-order valence-corrected chi connectivity index (χ1v) is 8.57. The Kier molecular flexibility index (Phi) is 5.19. The highest BCUT2D eigenvalue weighted by Crippen LogP contribution is 2.36. The van der Waals surface area contributed by atoms with Crippen LogP contribution in [0.1, 0.15) is 34.5 Å². The van der Waals surface area contributed by atoms with Crippen LogP contribution in [-0.4, -0.2) is 33.0 Å². The van der Waals surface area contributed by atoms with Gasteiger partial charge in [-0.3, -0.25) is 14.2 Å². The van der Waals surface area contributed by atoms with Crippen molar-refractivity contribution in [2.75, 3.05) is 0 Å². The molecule has 1 heterocycles. The fraction of sp³-hybridized carbons (Fsp3) is 0.200. The van der Waals surface area contributed by atoms with Crippen LogP contribution in [0.2, 0.25) is 0 Å². The fourth-order valence-electron chi connectivity index (χ4n) is 3.31. The molecule has 158 valence electrons. The highest BCUT2D eigenvalue weighted by molar-refractivity contribution is 6.05.